The van der Waals surface area contributed by atoms with Gasteiger partial charge < -0.3 is 10.6 Å². The Morgan fingerprint density at radius 3 is 2.76 bits per heavy atom. The van der Waals surface area contributed by atoms with Crippen LogP contribution < -0.4 is 10.6 Å². The summed E-state index contributed by atoms with van der Waals surface area (Å²) in [5.41, 5.74) is 0.799. The first-order valence-corrected chi connectivity index (χ1v) is 6.28. The summed E-state index contributed by atoms with van der Waals surface area (Å²) in [4.78, 5) is 16.8. The summed E-state index contributed by atoms with van der Waals surface area (Å²) in [6, 6.07) is 3.70. The van der Waals surface area contributed by atoms with Gasteiger partial charge in [-0.05, 0) is 12.1 Å². The molecule has 0 bridgehead atoms. The van der Waals surface area contributed by atoms with Crippen molar-refractivity contribution in [2.75, 3.05) is 17.7 Å². The monoisotopic (exact) mass is 283 g/mol. The average molecular weight is 283 g/mol. The van der Waals surface area contributed by atoms with E-state index in [1.54, 1.807) is 36.5 Å². The molecule has 0 atom stereocenters. The fourth-order valence-corrected chi connectivity index (χ4v) is 1.65. The standard InChI is InChI=1S/C12H13N9/c1-13-10-17-11(15-7-9-3-2-4-16-20-9)19-12(18-10)21-6-5-14-8-21/h2-6,8H,7H2,1H3,(H2,13,15,17,18,19). The van der Waals surface area contributed by atoms with E-state index in [2.05, 4.69) is 40.8 Å². The number of rotatable bonds is 5. The lowest BCUT2D eigenvalue weighted by Crippen LogP contribution is -2.11. The van der Waals surface area contributed by atoms with Gasteiger partial charge >= 0.3 is 0 Å². The third kappa shape index (κ3) is 3.08. The summed E-state index contributed by atoms with van der Waals surface area (Å²) in [6.45, 7) is 0.477. The highest BCUT2D eigenvalue weighted by atomic mass is 15.3. The van der Waals surface area contributed by atoms with E-state index >= 15 is 0 Å². The van der Waals surface area contributed by atoms with Gasteiger partial charge in [-0.3, -0.25) is 4.57 Å². The summed E-state index contributed by atoms with van der Waals surface area (Å²) in [6.07, 6.45) is 6.68. The molecule has 0 spiro atoms. The third-order valence-corrected chi connectivity index (χ3v) is 2.64. The highest BCUT2D eigenvalue weighted by molar-refractivity contribution is 5.37. The lowest BCUT2D eigenvalue weighted by atomic mass is 10.4. The Hall–Kier alpha value is -3.10. The zero-order valence-electron chi connectivity index (χ0n) is 11.3. The van der Waals surface area contributed by atoms with Crippen molar-refractivity contribution in [2.24, 2.45) is 0 Å². The zero-order valence-corrected chi connectivity index (χ0v) is 11.3. The summed E-state index contributed by atoms with van der Waals surface area (Å²) >= 11 is 0. The maximum atomic E-state index is 4.34. The largest absolute Gasteiger partial charge is 0.357 e. The van der Waals surface area contributed by atoms with Gasteiger partial charge in [0.2, 0.25) is 17.8 Å². The Bertz CT molecular complexity index is 696. The molecule has 0 aliphatic rings. The number of aromatic nitrogens is 7. The Kier molecular flexibility index (Phi) is 3.63. The number of nitrogens with one attached hydrogen (secondary N) is 2. The second-order valence-corrected chi connectivity index (χ2v) is 4.07. The van der Waals surface area contributed by atoms with Crippen LogP contribution in [0.4, 0.5) is 11.9 Å². The van der Waals surface area contributed by atoms with Crippen molar-refractivity contribution in [3.05, 3.63) is 42.7 Å². The fourth-order valence-electron chi connectivity index (χ4n) is 1.65. The van der Waals surface area contributed by atoms with Crippen LogP contribution in [0.15, 0.2) is 37.1 Å². The molecule has 3 aromatic heterocycles. The highest BCUT2D eigenvalue weighted by Crippen LogP contribution is 2.09. The SMILES string of the molecule is CNc1nc(NCc2cccnn2)nc(-n2ccnc2)n1. The predicted molar refractivity (Wildman–Crippen MR) is 75.9 cm³/mol. The van der Waals surface area contributed by atoms with Crippen LogP contribution in [-0.2, 0) is 6.54 Å². The van der Waals surface area contributed by atoms with Crippen molar-refractivity contribution in [1.29, 1.82) is 0 Å². The van der Waals surface area contributed by atoms with Gasteiger partial charge in [-0.15, -0.1) is 0 Å². The van der Waals surface area contributed by atoms with Crippen molar-refractivity contribution >= 4 is 11.9 Å². The fraction of sp³-hybridized carbons (Fsp3) is 0.167. The molecule has 2 N–H and O–H groups in total. The van der Waals surface area contributed by atoms with Gasteiger partial charge in [0.05, 0.1) is 12.2 Å². The molecule has 0 aromatic carbocycles. The molecule has 0 amide bonds. The van der Waals surface area contributed by atoms with Crippen LogP contribution in [0.3, 0.4) is 0 Å². The van der Waals surface area contributed by atoms with Crippen molar-refractivity contribution in [3.63, 3.8) is 0 Å². The van der Waals surface area contributed by atoms with Gasteiger partial charge in [0, 0.05) is 25.6 Å². The molecule has 9 nitrogen and oxygen atoms in total. The minimum atomic E-state index is 0.448. The van der Waals surface area contributed by atoms with Crippen LogP contribution in [0, 0.1) is 0 Å². The molecule has 0 saturated heterocycles. The Morgan fingerprint density at radius 2 is 2.05 bits per heavy atom. The van der Waals surface area contributed by atoms with Gasteiger partial charge in [0.1, 0.15) is 6.33 Å². The van der Waals surface area contributed by atoms with E-state index in [1.165, 1.54) is 0 Å². The van der Waals surface area contributed by atoms with E-state index < -0.39 is 0 Å². The minimum absolute atomic E-state index is 0.448. The van der Waals surface area contributed by atoms with E-state index in [4.69, 9.17) is 0 Å². The third-order valence-electron chi connectivity index (χ3n) is 2.64. The van der Waals surface area contributed by atoms with Gasteiger partial charge in [-0.2, -0.15) is 25.1 Å². The Morgan fingerprint density at radius 1 is 1.14 bits per heavy atom. The van der Waals surface area contributed by atoms with Crippen LogP contribution in [0.1, 0.15) is 5.69 Å². The molecule has 0 fully saturated rings. The molecule has 3 aromatic rings. The summed E-state index contributed by atoms with van der Waals surface area (Å²) in [5, 5.41) is 13.8. The lowest BCUT2D eigenvalue weighted by Gasteiger charge is -2.08. The topological polar surface area (TPSA) is 106 Å². The molecule has 0 aliphatic heterocycles. The zero-order chi connectivity index (χ0) is 14.5. The molecule has 0 saturated carbocycles. The van der Waals surface area contributed by atoms with Crippen LogP contribution >= 0.6 is 0 Å². The number of hydrogen-bond donors (Lipinski definition) is 2. The maximum absolute atomic E-state index is 4.34. The first-order chi connectivity index (χ1) is 10.3. The number of imidazole rings is 1. The molecule has 0 aliphatic carbocycles. The van der Waals surface area contributed by atoms with Crippen LogP contribution in [-0.4, -0.2) is 41.7 Å². The van der Waals surface area contributed by atoms with Crippen LogP contribution in [0.2, 0.25) is 0 Å². The number of anilines is 2. The molecular weight excluding hydrogens is 270 g/mol. The summed E-state index contributed by atoms with van der Waals surface area (Å²) in [5.74, 6) is 1.40. The Balaban J connectivity index is 1.83. The lowest BCUT2D eigenvalue weighted by molar-refractivity contribution is 0.875. The smallest absolute Gasteiger partial charge is 0.241 e. The van der Waals surface area contributed by atoms with E-state index in [1.807, 2.05) is 12.1 Å². The van der Waals surface area contributed by atoms with E-state index in [0.29, 0.717) is 24.4 Å². The van der Waals surface area contributed by atoms with E-state index in [9.17, 15) is 0 Å². The quantitative estimate of drug-likeness (QED) is 0.697. The molecule has 0 radical (unpaired) electrons. The predicted octanol–water partition coefficient (Wildman–Crippen LogP) is 0.501. The van der Waals surface area contributed by atoms with Gasteiger partial charge in [-0.25, -0.2) is 4.98 Å². The highest BCUT2D eigenvalue weighted by Gasteiger charge is 2.07. The van der Waals surface area contributed by atoms with Crippen molar-refractivity contribution in [2.45, 2.75) is 6.54 Å². The first kappa shape index (κ1) is 12.9. The van der Waals surface area contributed by atoms with Crippen LogP contribution in [0.25, 0.3) is 5.95 Å². The van der Waals surface area contributed by atoms with Crippen molar-refractivity contribution in [3.8, 4) is 5.95 Å². The molecule has 3 rings (SSSR count). The second kappa shape index (κ2) is 5.90. The molecule has 106 valence electrons. The first-order valence-electron chi connectivity index (χ1n) is 6.28. The average Bonchev–Trinajstić information content (AvgIpc) is 3.08. The number of hydrogen-bond acceptors (Lipinski definition) is 8. The minimum Gasteiger partial charge on any atom is -0.357 e. The molecule has 0 unspecified atom stereocenters. The van der Waals surface area contributed by atoms with Crippen molar-refractivity contribution < 1.29 is 0 Å². The molecule has 9 heteroatoms. The Labute approximate surface area is 120 Å². The van der Waals surface area contributed by atoms with Gasteiger partial charge in [-0.1, -0.05) is 0 Å². The maximum Gasteiger partial charge on any atom is 0.241 e. The molecule has 3 heterocycles. The second-order valence-electron chi connectivity index (χ2n) is 4.07. The summed E-state index contributed by atoms with van der Waals surface area (Å²) in [7, 11) is 1.75. The molecular formula is C12H13N9. The van der Waals surface area contributed by atoms with Gasteiger partial charge in [0.25, 0.3) is 0 Å². The van der Waals surface area contributed by atoms with E-state index in [0.717, 1.165) is 5.69 Å². The molecule has 21 heavy (non-hydrogen) atoms. The summed E-state index contributed by atoms with van der Waals surface area (Å²) < 4.78 is 1.70. The van der Waals surface area contributed by atoms with E-state index in [-0.39, 0.29) is 0 Å². The number of nitrogens with zero attached hydrogens (tertiary/aromatic N) is 7. The normalized spacial score (nSPS) is 10.3. The van der Waals surface area contributed by atoms with Crippen molar-refractivity contribution in [1.82, 2.24) is 34.7 Å². The van der Waals surface area contributed by atoms with Crippen LogP contribution in [0.5, 0.6) is 0 Å². The van der Waals surface area contributed by atoms with Gasteiger partial charge in [0.15, 0.2) is 0 Å².